The zero-order valence-electron chi connectivity index (χ0n) is 12.4. The Morgan fingerprint density at radius 3 is 2.20 bits per heavy atom. The molecule has 1 heterocycles. The fourth-order valence-electron chi connectivity index (χ4n) is 2.08. The maximum atomic E-state index is 5.64. The Balaban J connectivity index is 1.77. The molecule has 114 valence electrons. The highest BCUT2D eigenvalue weighted by molar-refractivity contribution is 9.09. The second-order valence-electron chi connectivity index (χ2n) is 5.08. The first-order chi connectivity index (χ1) is 9.93. The molecule has 1 rings (SSSR count). The summed E-state index contributed by atoms with van der Waals surface area (Å²) in [5, 5.41) is 1.13. The van der Waals surface area contributed by atoms with Crippen molar-refractivity contribution < 1.29 is 4.74 Å². The lowest BCUT2D eigenvalue weighted by molar-refractivity contribution is 0.126. The van der Waals surface area contributed by atoms with Crippen LogP contribution < -0.4 is 0 Å². The predicted octanol–water partition coefficient (Wildman–Crippen LogP) is 4.55. The third kappa shape index (κ3) is 10.3. The molecule has 0 bridgehead atoms. The minimum atomic E-state index is 0.920. The summed E-state index contributed by atoms with van der Waals surface area (Å²) in [4.78, 5) is 8.35. The van der Waals surface area contributed by atoms with Crippen LogP contribution in [-0.4, -0.2) is 28.5 Å². The van der Waals surface area contributed by atoms with Crippen molar-refractivity contribution in [3.63, 3.8) is 0 Å². The van der Waals surface area contributed by atoms with Crippen LogP contribution in [0.5, 0.6) is 0 Å². The van der Waals surface area contributed by atoms with Gasteiger partial charge in [0.2, 0.25) is 0 Å². The summed E-state index contributed by atoms with van der Waals surface area (Å²) in [7, 11) is 0. The second-order valence-corrected chi connectivity index (χ2v) is 5.87. The molecule has 0 saturated heterocycles. The standard InChI is InChI=1S/C16H27BrN2O/c17-10-6-2-4-8-14-20-13-7-3-1-5-9-16-15-18-11-12-19-16/h11-12,15H,1-10,13-14H2. The molecule has 0 aliphatic rings. The molecule has 0 aliphatic carbocycles. The first-order valence-electron chi connectivity index (χ1n) is 7.82. The second kappa shape index (κ2) is 13.5. The van der Waals surface area contributed by atoms with Crippen molar-refractivity contribution in [3.8, 4) is 0 Å². The lowest BCUT2D eigenvalue weighted by Gasteiger charge is -2.04. The number of alkyl halides is 1. The molecule has 20 heavy (non-hydrogen) atoms. The van der Waals surface area contributed by atoms with Crippen molar-refractivity contribution in [3.05, 3.63) is 24.3 Å². The van der Waals surface area contributed by atoms with Gasteiger partial charge < -0.3 is 4.74 Å². The number of unbranched alkanes of at least 4 members (excludes halogenated alkanes) is 6. The maximum Gasteiger partial charge on any atom is 0.0586 e. The molecular weight excluding hydrogens is 316 g/mol. The molecule has 1 aromatic heterocycles. The highest BCUT2D eigenvalue weighted by Gasteiger charge is 1.95. The Labute approximate surface area is 131 Å². The summed E-state index contributed by atoms with van der Waals surface area (Å²) in [6.07, 6.45) is 16.4. The Kier molecular flexibility index (Phi) is 11.9. The van der Waals surface area contributed by atoms with Gasteiger partial charge in [-0.1, -0.05) is 41.6 Å². The number of aromatic nitrogens is 2. The van der Waals surface area contributed by atoms with Crippen molar-refractivity contribution >= 4 is 15.9 Å². The Morgan fingerprint density at radius 1 is 0.850 bits per heavy atom. The molecule has 4 heteroatoms. The number of hydrogen-bond donors (Lipinski definition) is 0. The smallest absolute Gasteiger partial charge is 0.0586 e. The molecular formula is C16H27BrN2O. The van der Waals surface area contributed by atoms with Gasteiger partial charge in [-0.15, -0.1) is 0 Å². The fraction of sp³-hybridized carbons (Fsp3) is 0.750. The molecule has 3 nitrogen and oxygen atoms in total. The molecule has 0 spiro atoms. The van der Waals surface area contributed by atoms with E-state index in [0.29, 0.717) is 0 Å². The van der Waals surface area contributed by atoms with E-state index in [1.165, 1.54) is 51.4 Å². The first kappa shape index (κ1) is 17.6. The van der Waals surface area contributed by atoms with Crippen LogP contribution in [0.4, 0.5) is 0 Å². The van der Waals surface area contributed by atoms with Gasteiger partial charge in [0.25, 0.3) is 0 Å². The van der Waals surface area contributed by atoms with Gasteiger partial charge in [0.15, 0.2) is 0 Å². The molecule has 0 atom stereocenters. The molecule has 0 aromatic carbocycles. The number of rotatable bonds is 13. The highest BCUT2D eigenvalue weighted by Crippen LogP contribution is 2.06. The van der Waals surface area contributed by atoms with E-state index in [1.807, 2.05) is 6.20 Å². The van der Waals surface area contributed by atoms with E-state index in [1.54, 1.807) is 12.4 Å². The van der Waals surface area contributed by atoms with Crippen LogP contribution in [0.2, 0.25) is 0 Å². The van der Waals surface area contributed by atoms with Crippen LogP contribution in [0.1, 0.15) is 57.1 Å². The number of hydrogen-bond acceptors (Lipinski definition) is 3. The summed E-state index contributed by atoms with van der Waals surface area (Å²) < 4.78 is 5.64. The zero-order valence-corrected chi connectivity index (χ0v) is 14.0. The largest absolute Gasteiger partial charge is 0.381 e. The van der Waals surface area contributed by atoms with Crippen molar-refractivity contribution in [1.82, 2.24) is 9.97 Å². The van der Waals surface area contributed by atoms with Gasteiger partial charge >= 0.3 is 0 Å². The van der Waals surface area contributed by atoms with Crippen LogP contribution in [0.3, 0.4) is 0 Å². The van der Waals surface area contributed by atoms with E-state index in [2.05, 4.69) is 25.9 Å². The molecule has 0 N–H and O–H groups in total. The fourth-order valence-corrected chi connectivity index (χ4v) is 2.47. The Bertz CT molecular complexity index is 309. The SMILES string of the molecule is BrCCCCCCOCCCCCCc1cnccn1. The molecule has 0 radical (unpaired) electrons. The van der Waals surface area contributed by atoms with Gasteiger partial charge in [0, 0.05) is 37.1 Å². The van der Waals surface area contributed by atoms with Gasteiger partial charge in [-0.05, 0) is 32.1 Å². The molecule has 0 aliphatic heterocycles. The van der Waals surface area contributed by atoms with Crippen molar-refractivity contribution in [2.24, 2.45) is 0 Å². The Hall–Kier alpha value is -0.480. The van der Waals surface area contributed by atoms with Crippen molar-refractivity contribution in [2.45, 2.75) is 57.8 Å². The normalized spacial score (nSPS) is 10.8. The summed E-state index contributed by atoms with van der Waals surface area (Å²) in [5.41, 5.74) is 1.10. The topological polar surface area (TPSA) is 35.0 Å². The molecule has 0 fully saturated rings. The lowest BCUT2D eigenvalue weighted by atomic mass is 10.1. The van der Waals surface area contributed by atoms with Gasteiger partial charge in [0.05, 0.1) is 5.69 Å². The van der Waals surface area contributed by atoms with E-state index in [0.717, 1.165) is 30.7 Å². The van der Waals surface area contributed by atoms with Gasteiger partial charge in [-0.25, -0.2) is 0 Å². The summed E-state index contributed by atoms with van der Waals surface area (Å²) in [6, 6.07) is 0. The van der Waals surface area contributed by atoms with Crippen molar-refractivity contribution in [2.75, 3.05) is 18.5 Å². The molecule has 0 unspecified atom stereocenters. The number of aryl methyl sites for hydroxylation is 1. The Morgan fingerprint density at radius 2 is 1.55 bits per heavy atom. The zero-order chi connectivity index (χ0) is 14.3. The highest BCUT2D eigenvalue weighted by atomic mass is 79.9. The van der Waals surface area contributed by atoms with E-state index in [4.69, 9.17) is 4.74 Å². The van der Waals surface area contributed by atoms with Crippen LogP contribution in [0, 0.1) is 0 Å². The minimum Gasteiger partial charge on any atom is -0.381 e. The number of ether oxygens (including phenoxy) is 1. The third-order valence-electron chi connectivity index (χ3n) is 3.26. The number of nitrogens with zero attached hydrogens (tertiary/aromatic N) is 2. The molecule has 1 aromatic rings. The summed E-state index contributed by atoms with van der Waals surface area (Å²) in [6.45, 7) is 1.85. The van der Waals surface area contributed by atoms with Crippen LogP contribution >= 0.6 is 15.9 Å². The van der Waals surface area contributed by atoms with E-state index in [9.17, 15) is 0 Å². The third-order valence-corrected chi connectivity index (χ3v) is 3.82. The monoisotopic (exact) mass is 342 g/mol. The lowest BCUT2D eigenvalue weighted by Crippen LogP contribution is -1.97. The van der Waals surface area contributed by atoms with Gasteiger partial charge in [0.1, 0.15) is 0 Å². The first-order valence-corrected chi connectivity index (χ1v) is 8.94. The number of halogens is 1. The average molecular weight is 343 g/mol. The predicted molar refractivity (Wildman–Crippen MR) is 87.3 cm³/mol. The van der Waals surface area contributed by atoms with E-state index >= 15 is 0 Å². The van der Waals surface area contributed by atoms with Crippen LogP contribution in [-0.2, 0) is 11.2 Å². The summed E-state index contributed by atoms with van der Waals surface area (Å²) in [5.74, 6) is 0. The average Bonchev–Trinajstić information content (AvgIpc) is 2.49. The summed E-state index contributed by atoms with van der Waals surface area (Å²) >= 11 is 3.45. The van der Waals surface area contributed by atoms with Crippen LogP contribution in [0.25, 0.3) is 0 Å². The van der Waals surface area contributed by atoms with Crippen molar-refractivity contribution in [1.29, 1.82) is 0 Å². The maximum absolute atomic E-state index is 5.64. The van der Waals surface area contributed by atoms with Gasteiger partial charge in [-0.3, -0.25) is 9.97 Å². The quantitative estimate of drug-likeness (QED) is 0.389. The molecule has 0 saturated carbocycles. The van der Waals surface area contributed by atoms with E-state index < -0.39 is 0 Å². The van der Waals surface area contributed by atoms with Gasteiger partial charge in [-0.2, -0.15) is 0 Å². The molecule has 0 amide bonds. The minimum absolute atomic E-state index is 0.920. The van der Waals surface area contributed by atoms with Crippen LogP contribution in [0.15, 0.2) is 18.6 Å². The van der Waals surface area contributed by atoms with E-state index in [-0.39, 0.29) is 0 Å².